The number of methoxy groups -OCH3 is 2. The van der Waals surface area contributed by atoms with Crippen LogP contribution in [0.5, 0.6) is 5.75 Å². The molecule has 0 aliphatic carbocycles. The molecule has 1 fully saturated rings. The van der Waals surface area contributed by atoms with Gasteiger partial charge in [0.1, 0.15) is 5.75 Å². The molecule has 7 heteroatoms. The molecule has 1 unspecified atom stereocenters. The highest BCUT2D eigenvalue weighted by Gasteiger charge is 2.22. The monoisotopic (exact) mass is 414 g/mol. The number of ether oxygens (including phenoxy) is 2. The Balaban J connectivity index is 0.00000312. The van der Waals surface area contributed by atoms with Gasteiger partial charge in [0.05, 0.1) is 26.3 Å². The highest BCUT2D eigenvalue weighted by Crippen LogP contribution is 2.26. The lowest BCUT2D eigenvalue weighted by Gasteiger charge is -2.34. The lowest BCUT2D eigenvalue weighted by Crippen LogP contribution is -2.37. The van der Waals surface area contributed by atoms with Gasteiger partial charge in [-0.15, -0.1) is 17.0 Å². The molecule has 1 heterocycles. The smallest absolute Gasteiger partial charge is 0.188 e. The van der Waals surface area contributed by atoms with E-state index in [0.29, 0.717) is 25.7 Å². The predicted molar refractivity (Wildman–Crippen MR) is 108 cm³/mol. The summed E-state index contributed by atoms with van der Waals surface area (Å²) >= 11 is 0. The summed E-state index contributed by atoms with van der Waals surface area (Å²) in [5.74, 6) is 1.35. The summed E-state index contributed by atoms with van der Waals surface area (Å²) in [6.07, 6.45) is 3.81. The van der Waals surface area contributed by atoms with E-state index in [4.69, 9.17) is 15.2 Å². The van der Waals surface area contributed by atoms with Crippen molar-refractivity contribution >= 4 is 22.9 Å². The first-order chi connectivity index (χ1) is 11.7. The molecular weight excluding hydrogens is 384 g/mol. The highest BCUT2D eigenvalue weighted by molar-refractivity contribution is 8.93. The topological polar surface area (TPSA) is 72.1 Å². The number of hydrogen-bond acceptors (Lipinski definition) is 4. The zero-order valence-electron chi connectivity index (χ0n) is 15.2. The molecular formula is C18H31BrN4O2. The number of piperidine rings is 1. The SMILES string of the molecule is Br.COCCNC(N)=NCC(c1ccc(OC)cc1)N1CCCCC1. The van der Waals surface area contributed by atoms with Crippen LogP contribution in [0.4, 0.5) is 0 Å². The molecule has 0 spiro atoms. The molecule has 1 aliphatic rings. The summed E-state index contributed by atoms with van der Waals surface area (Å²) in [6, 6.07) is 8.52. The van der Waals surface area contributed by atoms with E-state index in [0.717, 1.165) is 18.8 Å². The molecule has 0 saturated carbocycles. The first-order valence-electron chi connectivity index (χ1n) is 8.65. The van der Waals surface area contributed by atoms with Crippen LogP contribution in [0.25, 0.3) is 0 Å². The standard InChI is InChI=1S/C18H30N4O2.BrH/c1-23-13-10-20-18(19)21-14-17(22-11-4-3-5-12-22)15-6-8-16(24-2)9-7-15;/h6-9,17H,3-5,10-14H2,1-2H3,(H3,19,20,21);1H. The minimum absolute atomic E-state index is 0. The van der Waals surface area contributed by atoms with Gasteiger partial charge in [-0.2, -0.15) is 0 Å². The molecule has 25 heavy (non-hydrogen) atoms. The van der Waals surface area contributed by atoms with Gasteiger partial charge < -0.3 is 20.5 Å². The summed E-state index contributed by atoms with van der Waals surface area (Å²) < 4.78 is 10.3. The number of hydrogen-bond donors (Lipinski definition) is 2. The van der Waals surface area contributed by atoms with Crippen LogP contribution in [0.1, 0.15) is 30.9 Å². The summed E-state index contributed by atoms with van der Waals surface area (Å²) in [7, 11) is 3.36. The third-order valence-corrected chi connectivity index (χ3v) is 4.38. The van der Waals surface area contributed by atoms with E-state index in [1.807, 2.05) is 12.1 Å². The predicted octanol–water partition coefficient (Wildman–Crippen LogP) is 2.35. The second-order valence-electron chi connectivity index (χ2n) is 6.03. The number of nitrogens with one attached hydrogen (secondary N) is 1. The first-order valence-corrected chi connectivity index (χ1v) is 8.65. The van der Waals surface area contributed by atoms with Gasteiger partial charge in [-0.1, -0.05) is 18.6 Å². The van der Waals surface area contributed by atoms with Crippen molar-refractivity contribution in [3.8, 4) is 5.75 Å². The quantitative estimate of drug-likeness (QED) is 0.388. The lowest BCUT2D eigenvalue weighted by atomic mass is 10.0. The fraction of sp³-hybridized carbons (Fsp3) is 0.611. The van der Waals surface area contributed by atoms with E-state index in [2.05, 4.69) is 27.3 Å². The summed E-state index contributed by atoms with van der Waals surface area (Å²) in [4.78, 5) is 7.06. The van der Waals surface area contributed by atoms with Gasteiger partial charge in [-0.25, -0.2) is 0 Å². The molecule has 0 aromatic heterocycles. The molecule has 142 valence electrons. The van der Waals surface area contributed by atoms with Crippen molar-refractivity contribution in [1.29, 1.82) is 0 Å². The van der Waals surface area contributed by atoms with Gasteiger partial charge in [0.2, 0.25) is 0 Å². The van der Waals surface area contributed by atoms with Gasteiger partial charge in [-0.3, -0.25) is 9.89 Å². The fourth-order valence-corrected chi connectivity index (χ4v) is 3.01. The minimum Gasteiger partial charge on any atom is -0.497 e. The Labute approximate surface area is 161 Å². The number of guanidine groups is 1. The van der Waals surface area contributed by atoms with E-state index < -0.39 is 0 Å². The van der Waals surface area contributed by atoms with Gasteiger partial charge >= 0.3 is 0 Å². The Morgan fingerprint density at radius 1 is 1.20 bits per heavy atom. The fourth-order valence-electron chi connectivity index (χ4n) is 3.01. The Kier molecular flexibility index (Phi) is 10.5. The average Bonchev–Trinajstić information content (AvgIpc) is 2.63. The normalized spacial score (nSPS) is 16.8. The molecule has 0 radical (unpaired) electrons. The number of likely N-dealkylation sites (tertiary alicyclic amines) is 1. The third-order valence-electron chi connectivity index (χ3n) is 4.38. The summed E-state index contributed by atoms with van der Waals surface area (Å²) in [5.41, 5.74) is 7.22. The van der Waals surface area contributed by atoms with Crippen molar-refractivity contribution in [3.63, 3.8) is 0 Å². The molecule has 0 amide bonds. The Bertz CT molecular complexity index is 504. The molecule has 2 rings (SSSR count). The number of halogens is 1. The van der Waals surface area contributed by atoms with Crippen LogP contribution in [-0.4, -0.2) is 57.9 Å². The largest absolute Gasteiger partial charge is 0.497 e. The van der Waals surface area contributed by atoms with Crippen molar-refractivity contribution in [3.05, 3.63) is 29.8 Å². The number of benzene rings is 1. The molecule has 1 atom stereocenters. The average molecular weight is 415 g/mol. The van der Waals surface area contributed by atoms with Crippen LogP contribution in [0.2, 0.25) is 0 Å². The van der Waals surface area contributed by atoms with Gasteiger partial charge in [0.25, 0.3) is 0 Å². The zero-order chi connectivity index (χ0) is 17.2. The first kappa shape index (κ1) is 21.7. The molecule has 1 aromatic carbocycles. The molecule has 6 nitrogen and oxygen atoms in total. The maximum atomic E-state index is 5.96. The number of nitrogens with two attached hydrogens (primary N) is 1. The van der Waals surface area contributed by atoms with Crippen LogP contribution in [0.15, 0.2) is 29.3 Å². The van der Waals surface area contributed by atoms with Crippen LogP contribution >= 0.6 is 17.0 Å². The second-order valence-corrected chi connectivity index (χ2v) is 6.03. The molecule has 1 aromatic rings. The molecule has 3 N–H and O–H groups in total. The van der Waals surface area contributed by atoms with Crippen LogP contribution in [0, 0.1) is 0 Å². The number of nitrogens with zero attached hydrogens (tertiary/aromatic N) is 2. The van der Waals surface area contributed by atoms with Crippen LogP contribution < -0.4 is 15.8 Å². The van der Waals surface area contributed by atoms with Crippen molar-refractivity contribution in [1.82, 2.24) is 10.2 Å². The van der Waals surface area contributed by atoms with E-state index in [1.54, 1.807) is 14.2 Å². The van der Waals surface area contributed by atoms with Crippen molar-refractivity contribution < 1.29 is 9.47 Å². The van der Waals surface area contributed by atoms with Gasteiger partial charge in [0, 0.05) is 13.7 Å². The van der Waals surface area contributed by atoms with Gasteiger partial charge in [0.15, 0.2) is 5.96 Å². The van der Waals surface area contributed by atoms with Crippen LogP contribution in [0.3, 0.4) is 0 Å². The van der Waals surface area contributed by atoms with Gasteiger partial charge in [-0.05, 0) is 43.6 Å². The Morgan fingerprint density at radius 2 is 1.88 bits per heavy atom. The summed E-state index contributed by atoms with van der Waals surface area (Å²) in [6.45, 7) is 4.16. The second kappa shape index (κ2) is 12.1. The van der Waals surface area contributed by atoms with E-state index in [9.17, 15) is 0 Å². The third kappa shape index (κ3) is 7.22. The lowest BCUT2D eigenvalue weighted by molar-refractivity contribution is 0.167. The minimum atomic E-state index is 0. The molecule has 1 aliphatic heterocycles. The van der Waals surface area contributed by atoms with Crippen LogP contribution in [-0.2, 0) is 4.74 Å². The summed E-state index contributed by atoms with van der Waals surface area (Å²) in [5, 5.41) is 3.08. The zero-order valence-corrected chi connectivity index (χ0v) is 17.0. The highest BCUT2D eigenvalue weighted by atomic mass is 79.9. The number of aliphatic imine (C=N–C) groups is 1. The number of rotatable bonds is 8. The van der Waals surface area contributed by atoms with Crippen molar-refractivity contribution in [2.75, 3.05) is 47.0 Å². The van der Waals surface area contributed by atoms with E-state index in [1.165, 1.54) is 24.8 Å². The van der Waals surface area contributed by atoms with Crippen molar-refractivity contribution in [2.24, 2.45) is 10.7 Å². The van der Waals surface area contributed by atoms with E-state index >= 15 is 0 Å². The molecule has 0 bridgehead atoms. The maximum absolute atomic E-state index is 5.96. The van der Waals surface area contributed by atoms with Crippen molar-refractivity contribution in [2.45, 2.75) is 25.3 Å². The molecule has 1 saturated heterocycles. The Morgan fingerprint density at radius 3 is 2.48 bits per heavy atom. The Hall–Kier alpha value is -1.31. The maximum Gasteiger partial charge on any atom is 0.188 e. The van der Waals surface area contributed by atoms with E-state index in [-0.39, 0.29) is 23.0 Å².